The molecule has 0 spiro atoms. The number of nitrogens with two attached hydrogens (primary N) is 1. The summed E-state index contributed by atoms with van der Waals surface area (Å²) < 4.78 is 5.02. The van der Waals surface area contributed by atoms with E-state index in [1.807, 2.05) is 13.8 Å². The van der Waals surface area contributed by atoms with E-state index in [0.29, 0.717) is 11.7 Å². The molecule has 0 saturated carbocycles. The Balaban J connectivity index is 2.44. The monoisotopic (exact) mass is 216 g/mol. The van der Waals surface area contributed by atoms with Gasteiger partial charge in [-0.25, -0.2) is 4.98 Å². The van der Waals surface area contributed by atoms with Crippen molar-refractivity contribution in [2.75, 3.05) is 0 Å². The van der Waals surface area contributed by atoms with Crippen molar-refractivity contribution in [3.8, 4) is 0 Å². The summed E-state index contributed by atoms with van der Waals surface area (Å²) in [5.74, 6) is 1.03. The van der Waals surface area contributed by atoms with Gasteiger partial charge in [0.2, 0.25) is 0 Å². The van der Waals surface area contributed by atoms with Gasteiger partial charge in [-0.1, -0.05) is 18.7 Å². The topological polar surface area (TPSA) is 75.7 Å². The van der Waals surface area contributed by atoms with Crippen LogP contribution in [0.1, 0.15) is 19.2 Å². The standard InChI is InChI=1S/C7H12N4S2/c1-4(3-6(8)9)12-7-10-5(2)11-13-7/h4H,3H2,1-2H3,(H3,8,9). The molecule has 0 fully saturated rings. The molecule has 3 N–H and O–H groups in total. The highest BCUT2D eigenvalue weighted by Crippen LogP contribution is 2.26. The number of thioether (sulfide) groups is 1. The number of hydrogen-bond acceptors (Lipinski definition) is 5. The van der Waals surface area contributed by atoms with Crippen molar-refractivity contribution < 1.29 is 0 Å². The van der Waals surface area contributed by atoms with Crippen molar-refractivity contribution >= 4 is 29.1 Å². The van der Waals surface area contributed by atoms with Crippen LogP contribution in [-0.2, 0) is 0 Å². The fraction of sp³-hybridized carbons (Fsp3) is 0.571. The van der Waals surface area contributed by atoms with Crippen LogP contribution in [0, 0.1) is 12.3 Å². The summed E-state index contributed by atoms with van der Waals surface area (Å²) in [6, 6.07) is 0. The van der Waals surface area contributed by atoms with Crippen molar-refractivity contribution in [2.24, 2.45) is 5.73 Å². The molecule has 0 radical (unpaired) electrons. The van der Waals surface area contributed by atoms with Crippen LogP contribution in [0.3, 0.4) is 0 Å². The molecule has 0 aromatic carbocycles. The third-order valence-corrected chi connectivity index (χ3v) is 3.30. The minimum absolute atomic E-state index is 0.223. The van der Waals surface area contributed by atoms with Gasteiger partial charge in [0.1, 0.15) is 5.82 Å². The van der Waals surface area contributed by atoms with Gasteiger partial charge in [-0.05, 0) is 18.5 Å². The van der Waals surface area contributed by atoms with Gasteiger partial charge in [-0.2, -0.15) is 4.37 Å². The summed E-state index contributed by atoms with van der Waals surface area (Å²) in [5, 5.41) is 7.42. The van der Waals surface area contributed by atoms with Crippen molar-refractivity contribution in [3.63, 3.8) is 0 Å². The molecule has 13 heavy (non-hydrogen) atoms. The van der Waals surface area contributed by atoms with E-state index in [2.05, 4.69) is 9.36 Å². The lowest BCUT2D eigenvalue weighted by Crippen LogP contribution is -2.14. The minimum atomic E-state index is 0.223. The number of nitrogens with zero attached hydrogens (tertiary/aromatic N) is 2. The van der Waals surface area contributed by atoms with E-state index in [-0.39, 0.29) is 5.84 Å². The van der Waals surface area contributed by atoms with Crippen molar-refractivity contribution in [1.82, 2.24) is 9.36 Å². The first kappa shape index (κ1) is 10.5. The van der Waals surface area contributed by atoms with Gasteiger partial charge in [-0.15, -0.1) is 0 Å². The van der Waals surface area contributed by atoms with Gasteiger partial charge >= 0.3 is 0 Å². The second kappa shape index (κ2) is 4.57. The predicted octanol–water partition coefficient (Wildman–Crippen LogP) is 1.65. The van der Waals surface area contributed by atoms with Gasteiger partial charge in [-0.3, -0.25) is 5.41 Å². The zero-order valence-electron chi connectivity index (χ0n) is 7.57. The number of hydrogen-bond donors (Lipinski definition) is 2. The van der Waals surface area contributed by atoms with E-state index in [4.69, 9.17) is 11.1 Å². The number of amidine groups is 1. The van der Waals surface area contributed by atoms with Crippen LogP contribution in [0.5, 0.6) is 0 Å². The molecule has 72 valence electrons. The molecule has 0 aliphatic heterocycles. The Morgan fingerprint density at radius 3 is 2.92 bits per heavy atom. The number of rotatable bonds is 4. The molecule has 0 bridgehead atoms. The molecule has 0 saturated heterocycles. The highest BCUT2D eigenvalue weighted by atomic mass is 32.2. The molecule has 1 heterocycles. The zero-order valence-corrected chi connectivity index (χ0v) is 9.21. The second-order valence-corrected chi connectivity index (χ2v) is 5.20. The van der Waals surface area contributed by atoms with E-state index in [1.54, 1.807) is 11.8 Å². The Labute approximate surface area is 85.6 Å². The minimum Gasteiger partial charge on any atom is -0.388 e. The maximum atomic E-state index is 7.13. The van der Waals surface area contributed by atoms with Crippen LogP contribution in [-0.4, -0.2) is 20.4 Å². The first-order valence-corrected chi connectivity index (χ1v) is 5.53. The smallest absolute Gasteiger partial charge is 0.170 e. The third-order valence-electron chi connectivity index (χ3n) is 1.32. The Bertz CT molecular complexity index is 296. The summed E-state index contributed by atoms with van der Waals surface area (Å²) in [5.41, 5.74) is 5.29. The molecule has 1 rings (SSSR count). The maximum Gasteiger partial charge on any atom is 0.170 e. The normalized spacial score (nSPS) is 12.8. The molecule has 1 aromatic heterocycles. The third kappa shape index (κ3) is 3.73. The molecule has 1 unspecified atom stereocenters. The average Bonchev–Trinajstić information content (AvgIpc) is 2.33. The lowest BCUT2D eigenvalue weighted by Gasteiger charge is -2.05. The van der Waals surface area contributed by atoms with Crippen molar-refractivity contribution in [1.29, 1.82) is 5.41 Å². The van der Waals surface area contributed by atoms with Crippen LogP contribution in [0.4, 0.5) is 0 Å². The first-order valence-electron chi connectivity index (χ1n) is 3.88. The predicted molar refractivity (Wildman–Crippen MR) is 56.5 cm³/mol. The van der Waals surface area contributed by atoms with Gasteiger partial charge in [0.25, 0.3) is 0 Å². The van der Waals surface area contributed by atoms with Crippen LogP contribution < -0.4 is 5.73 Å². The average molecular weight is 216 g/mol. The molecule has 1 atom stereocenters. The van der Waals surface area contributed by atoms with E-state index in [9.17, 15) is 0 Å². The molecule has 0 aliphatic carbocycles. The number of aromatic nitrogens is 2. The number of nitrogens with one attached hydrogen (secondary N) is 1. The Morgan fingerprint density at radius 2 is 2.46 bits per heavy atom. The van der Waals surface area contributed by atoms with E-state index in [0.717, 1.165) is 10.2 Å². The molecular formula is C7H12N4S2. The van der Waals surface area contributed by atoms with Gasteiger partial charge < -0.3 is 5.73 Å². The van der Waals surface area contributed by atoms with E-state index in [1.165, 1.54) is 11.5 Å². The lowest BCUT2D eigenvalue weighted by atomic mass is 10.3. The maximum absolute atomic E-state index is 7.13. The molecule has 4 nitrogen and oxygen atoms in total. The van der Waals surface area contributed by atoms with Crippen molar-refractivity contribution in [2.45, 2.75) is 29.9 Å². The van der Waals surface area contributed by atoms with Crippen LogP contribution >= 0.6 is 23.3 Å². The molecule has 6 heteroatoms. The highest BCUT2D eigenvalue weighted by Gasteiger charge is 2.08. The molecule has 1 aromatic rings. The SMILES string of the molecule is Cc1nsc(SC(C)CC(=N)N)n1. The molecule has 0 amide bonds. The largest absolute Gasteiger partial charge is 0.388 e. The summed E-state index contributed by atoms with van der Waals surface area (Å²) in [6.07, 6.45) is 0.600. The Hall–Kier alpha value is -0.620. The fourth-order valence-electron chi connectivity index (χ4n) is 0.849. The molecule has 0 aliphatic rings. The second-order valence-electron chi connectivity index (χ2n) is 2.77. The first-order chi connectivity index (χ1) is 6.08. The zero-order chi connectivity index (χ0) is 9.84. The lowest BCUT2D eigenvalue weighted by molar-refractivity contribution is 0.990. The van der Waals surface area contributed by atoms with Gasteiger partial charge in [0.05, 0.1) is 5.84 Å². The van der Waals surface area contributed by atoms with Crippen LogP contribution in [0.2, 0.25) is 0 Å². The van der Waals surface area contributed by atoms with E-state index >= 15 is 0 Å². The Kier molecular flexibility index (Phi) is 3.68. The van der Waals surface area contributed by atoms with Crippen molar-refractivity contribution in [3.05, 3.63) is 5.82 Å². The summed E-state index contributed by atoms with van der Waals surface area (Å²) in [7, 11) is 0. The Morgan fingerprint density at radius 1 is 1.77 bits per heavy atom. The van der Waals surface area contributed by atoms with Crippen LogP contribution in [0.25, 0.3) is 0 Å². The van der Waals surface area contributed by atoms with Gasteiger partial charge in [0.15, 0.2) is 4.34 Å². The van der Waals surface area contributed by atoms with E-state index < -0.39 is 0 Å². The summed E-state index contributed by atoms with van der Waals surface area (Å²) in [6.45, 7) is 3.90. The highest BCUT2D eigenvalue weighted by molar-refractivity contribution is 8.01. The quantitative estimate of drug-likeness (QED) is 0.456. The fourth-order valence-corrected chi connectivity index (χ4v) is 2.84. The van der Waals surface area contributed by atoms with Gasteiger partial charge in [0, 0.05) is 11.7 Å². The molecular weight excluding hydrogens is 204 g/mol. The summed E-state index contributed by atoms with van der Waals surface area (Å²) in [4.78, 5) is 4.22. The number of aryl methyl sites for hydroxylation is 1. The summed E-state index contributed by atoms with van der Waals surface area (Å²) >= 11 is 3.01. The van der Waals surface area contributed by atoms with Crippen LogP contribution in [0.15, 0.2) is 4.34 Å².